The molecule has 90 valence electrons. The molecular weight excluding hydrogens is 192 g/mol. The van der Waals surface area contributed by atoms with Crippen LogP contribution in [0.5, 0.6) is 0 Å². The van der Waals surface area contributed by atoms with Gasteiger partial charge >= 0.3 is 0 Å². The fraction of sp³-hybridized carbons (Fsp3) is 0.875. The van der Waals surface area contributed by atoms with E-state index in [1.54, 1.807) is 19.3 Å². The summed E-state index contributed by atoms with van der Waals surface area (Å²) in [5.41, 5.74) is 1.40. The zero-order valence-electron chi connectivity index (χ0n) is 11.0. The zero-order valence-corrected chi connectivity index (χ0v) is 11.0. The Labute approximate surface area is 101 Å². The molecule has 0 aromatic heterocycles. The Kier molecular flexibility index (Phi) is 2.46. The Bertz CT molecular complexity index is 285. The summed E-state index contributed by atoms with van der Waals surface area (Å²) in [4.78, 5) is 0. The van der Waals surface area contributed by atoms with Gasteiger partial charge in [0.1, 0.15) is 0 Å². The first-order valence-electron chi connectivity index (χ1n) is 7.33. The summed E-state index contributed by atoms with van der Waals surface area (Å²) in [7, 11) is 0. The van der Waals surface area contributed by atoms with Gasteiger partial charge in [0.2, 0.25) is 0 Å². The Hall–Kier alpha value is -0.260. The Morgan fingerprint density at radius 3 is 2.38 bits per heavy atom. The maximum Gasteiger partial charge on any atom is -0.0108 e. The summed E-state index contributed by atoms with van der Waals surface area (Å²) in [6, 6.07) is 0. The predicted molar refractivity (Wildman–Crippen MR) is 69.3 cm³/mol. The lowest BCUT2D eigenvalue weighted by Gasteiger charge is -2.62. The SMILES string of the molecule is CC=CC12CC3CC(C1)CC(CCC)(C3)C2. The van der Waals surface area contributed by atoms with Crippen molar-refractivity contribution >= 4 is 0 Å². The van der Waals surface area contributed by atoms with Crippen LogP contribution in [0.25, 0.3) is 0 Å². The molecule has 4 aliphatic carbocycles. The quantitative estimate of drug-likeness (QED) is 0.588. The van der Waals surface area contributed by atoms with E-state index in [0.29, 0.717) is 5.41 Å². The molecule has 0 heterocycles. The summed E-state index contributed by atoms with van der Waals surface area (Å²) in [5.74, 6) is 2.15. The van der Waals surface area contributed by atoms with Crippen LogP contribution in [0.4, 0.5) is 0 Å². The van der Waals surface area contributed by atoms with Gasteiger partial charge in [-0.1, -0.05) is 25.5 Å². The minimum absolute atomic E-state index is 0.633. The van der Waals surface area contributed by atoms with E-state index in [9.17, 15) is 0 Å². The average Bonchev–Trinajstić information content (AvgIpc) is 2.14. The van der Waals surface area contributed by atoms with Gasteiger partial charge in [0, 0.05) is 0 Å². The largest absolute Gasteiger partial charge is 0.0911 e. The van der Waals surface area contributed by atoms with Crippen molar-refractivity contribution in [2.75, 3.05) is 0 Å². The third kappa shape index (κ3) is 1.57. The van der Waals surface area contributed by atoms with E-state index in [1.807, 2.05) is 0 Å². The molecule has 0 nitrogen and oxygen atoms in total. The van der Waals surface area contributed by atoms with Crippen molar-refractivity contribution in [2.24, 2.45) is 22.7 Å². The van der Waals surface area contributed by atoms with Crippen molar-refractivity contribution in [1.82, 2.24) is 0 Å². The lowest BCUT2D eigenvalue weighted by atomic mass is 9.43. The van der Waals surface area contributed by atoms with Crippen molar-refractivity contribution in [2.45, 2.75) is 65.2 Å². The fourth-order valence-corrected chi connectivity index (χ4v) is 5.90. The molecule has 0 aromatic rings. The highest BCUT2D eigenvalue weighted by Crippen LogP contribution is 2.66. The summed E-state index contributed by atoms with van der Waals surface area (Å²) in [5, 5.41) is 0. The van der Waals surface area contributed by atoms with Gasteiger partial charge in [-0.05, 0) is 74.5 Å². The Morgan fingerprint density at radius 1 is 1.12 bits per heavy atom. The van der Waals surface area contributed by atoms with Crippen LogP contribution in [0, 0.1) is 22.7 Å². The molecule has 4 rings (SSSR count). The number of allylic oxidation sites excluding steroid dienone is 2. The van der Waals surface area contributed by atoms with Crippen LogP contribution >= 0.6 is 0 Å². The predicted octanol–water partition coefficient (Wildman–Crippen LogP) is 4.95. The maximum atomic E-state index is 2.58. The lowest BCUT2D eigenvalue weighted by molar-refractivity contribution is -0.0916. The molecule has 2 atom stereocenters. The molecule has 0 radical (unpaired) electrons. The van der Waals surface area contributed by atoms with Gasteiger partial charge in [-0.2, -0.15) is 0 Å². The zero-order chi connectivity index (χ0) is 11.2. The topological polar surface area (TPSA) is 0 Å². The second-order valence-corrected chi connectivity index (χ2v) is 7.07. The highest BCUT2D eigenvalue weighted by Gasteiger charge is 2.55. The van der Waals surface area contributed by atoms with Gasteiger partial charge in [-0.15, -0.1) is 0 Å². The van der Waals surface area contributed by atoms with Gasteiger partial charge in [-0.25, -0.2) is 0 Å². The van der Waals surface area contributed by atoms with Crippen LogP contribution in [0.2, 0.25) is 0 Å². The van der Waals surface area contributed by atoms with Crippen molar-refractivity contribution < 1.29 is 0 Å². The molecule has 2 unspecified atom stereocenters. The van der Waals surface area contributed by atoms with Crippen molar-refractivity contribution in [3.8, 4) is 0 Å². The summed E-state index contributed by atoms with van der Waals surface area (Å²) < 4.78 is 0. The van der Waals surface area contributed by atoms with Gasteiger partial charge in [0.15, 0.2) is 0 Å². The molecule has 0 N–H and O–H groups in total. The van der Waals surface area contributed by atoms with E-state index >= 15 is 0 Å². The van der Waals surface area contributed by atoms with Crippen molar-refractivity contribution in [3.05, 3.63) is 12.2 Å². The van der Waals surface area contributed by atoms with Crippen molar-refractivity contribution in [3.63, 3.8) is 0 Å². The number of hydrogen-bond acceptors (Lipinski definition) is 0. The van der Waals surface area contributed by atoms with E-state index in [4.69, 9.17) is 0 Å². The van der Waals surface area contributed by atoms with Crippen LogP contribution in [0.15, 0.2) is 12.2 Å². The molecule has 16 heavy (non-hydrogen) atoms. The van der Waals surface area contributed by atoms with E-state index < -0.39 is 0 Å². The molecule has 0 heteroatoms. The van der Waals surface area contributed by atoms with E-state index in [2.05, 4.69) is 26.0 Å². The second-order valence-electron chi connectivity index (χ2n) is 7.07. The van der Waals surface area contributed by atoms with Gasteiger partial charge < -0.3 is 0 Å². The highest BCUT2D eigenvalue weighted by molar-refractivity contribution is 5.14. The second kappa shape index (κ2) is 3.62. The maximum absolute atomic E-state index is 2.58. The standard InChI is InChI=1S/C16H26/c1-3-5-15-8-13-7-14(9-15)11-16(10-13,12-15)6-4-2/h3,5,13-14H,4,6-12H2,1-2H3. The average molecular weight is 218 g/mol. The summed E-state index contributed by atoms with van der Waals surface area (Å²) in [6.07, 6.45) is 17.0. The van der Waals surface area contributed by atoms with Crippen LogP contribution in [0.3, 0.4) is 0 Å². The lowest BCUT2D eigenvalue weighted by Crippen LogP contribution is -2.51. The van der Waals surface area contributed by atoms with E-state index in [1.165, 1.54) is 32.1 Å². The molecular formula is C16H26. The first-order valence-corrected chi connectivity index (χ1v) is 7.33. The molecule has 0 amide bonds. The highest BCUT2D eigenvalue weighted by atomic mass is 14.6. The first-order chi connectivity index (χ1) is 7.69. The minimum Gasteiger partial charge on any atom is -0.0911 e. The van der Waals surface area contributed by atoms with Crippen LogP contribution < -0.4 is 0 Å². The molecule has 4 fully saturated rings. The Morgan fingerprint density at radius 2 is 1.81 bits per heavy atom. The minimum atomic E-state index is 0.633. The third-order valence-corrected chi connectivity index (χ3v) is 5.53. The molecule has 4 saturated carbocycles. The Balaban J connectivity index is 1.90. The third-order valence-electron chi connectivity index (χ3n) is 5.53. The number of rotatable bonds is 3. The first kappa shape index (κ1) is 10.9. The van der Waals surface area contributed by atoms with Gasteiger partial charge in [0.05, 0.1) is 0 Å². The molecule has 4 aliphatic rings. The van der Waals surface area contributed by atoms with Crippen molar-refractivity contribution in [1.29, 1.82) is 0 Å². The monoisotopic (exact) mass is 218 g/mol. The smallest absolute Gasteiger partial charge is 0.0108 e. The molecule has 4 bridgehead atoms. The number of hydrogen-bond donors (Lipinski definition) is 0. The molecule has 0 spiro atoms. The van der Waals surface area contributed by atoms with Crippen LogP contribution in [-0.4, -0.2) is 0 Å². The van der Waals surface area contributed by atoms with Crippen LogP contribution in [-0.2, 0) is 0 Å². The van der Waals surface area contributed by atoms with E-state index in [0.717, 1.165) is 17.3 Å². The summed E-state index contributed by atoms with van der Waals surface area (Å²) >= 11 is 0. The van der Waals surface area contributed by atoms with E-state index in [-0.39, 0.29) is 0 Å². The summed E-state index contributed by atoms with van der Waals surface area (Å²) in [6.45, 7) is 4.59. The van der Waals surface area contributed by atoms with Crippen LogP contribution in [0.1, 0.15) is 65.2 Å². The fourth-order valence-electron chi connectivity index (χ4n) is 5.90. The molecule has 0 aromatic carbocycles. The molecule has 0 saturated heterocycles. The van der Waals surface area contributed by atoms with Gasteiger partial charge in [0.25, 0.3) is 0 Å². The normalized spacial score (nSPS) is 50.4. The van der Waals surface area contributed by atoms with Gasteiger partial charge in [-0.3, -0.25) is 0 Å². The molecule has 0 aliphatic heterocycles.